The molecule has 0 saturated heterocycles. The Morgan fingerprint density at radius 1 is 1.04 bits per heavy atom. The van der Waals surface area contributed by atoms with Crippen LogP contribution in [0.15, 0.2) is 53.5 Å². The number of hydrogen-bond acceptors (Lipinski definition) is 4. The fourth-order valence-corrected chi connectivity index (χ4v) is 2.89. The zero-order valence-corrected chi connectivity index (χ0v) is 17.9. The number of imide groups is 1. The zero-order chi connectivity index (χ0) is 19.2. The number of nitrogens with zero attached hydrogens (tertiary/aromatic N) is 2. The first kappa shape index (κ1) is 21.7. The molecule has 2 amide bonds. The molecule has 148 valence electrons. The van der Waals surface area contributed by atoms with Crippen LogP contribution in [0.4, 0.5) is 5.69 Å². The molecule has 8 heteroatoms. The van der Waals surface area contributed by atoms with Crippen LogP contribution in [-0.4, -0.2) is 42.9 Å². The Bertz CT molecular complexity index is 833. The average Bonchev–Trinajstić information content (AvgIpc) is 2.93. The van der Waals surface area contributed by atoms with Gasteiger partial charge in [0.15, 0.2) is 5.96 Å². The van der Waals surface area contributed by atoms with Crippen LogP contribution in [0, 0.1) is 0 Å². The van der Waals surface area contributed by atoms with Crippen LogP contribution in [0.5, 0.6) is 5.75 Å². The number of nitrogens with one attached hydrogen (secondary N) is 1. The van der Waals surface area contributed by atoms with Gasteiger partial charge < -0.3 is 15.8 Å². The molecule has 28 heavy (non-hydrogen) atoms. The smallest absolute Gasteiger partial charge is 0.261 e. The second-order valence-electron chi connectivity index (χ2n) is 6.14. The number of amides is 2. The second-order valence-corrected chi connectivity index (χ2v) is 6.14. The summed E-state index contributed by atoms with van der Waals surface area (Å²) in [6, 6.07) is 14.3. The van der Waals surface area contributed by atoms with Crippen LogP contribution in [0.25, 0.3) is 0 Å². The van der Waals surface area contributed by atoms with E-state index in [1.54, 1.807) is 31.4 Å². The van der Waals surface area contributed by atoms with Crippen molar-refractivity contribution in [1.82, 2.24) is 4.90 Å². The van der Waals surface area contributed by atoms with Gasteiger partial charge in [0.05, 0.1) is 18.2 Å². The van der Waals surface area contributed by atoms with Gasteiger partial charge in [-0.15, -0.1) is 24.0 Å². The number of carbonyl (C=O) groups excluding carboxylic acids is 2. The van der Waals surface area contributed by atoms with Crippen molar-refractivity contribution >= 4 is 47.4 Å². The Morgan fingerprint density at radius 3 is 2.21 bits per heavy atom. The molecule has 0 radical (unpaired) electrons. The molecule has 1 heterocycles. The van der Waals surface area contributed by atoms with Gasteiger partial charge >= 0.3 is 0 Å². The summed E-state index contributed by atoms with van der Waals surface area (Å²) in [5.74, 6) is 0.643. The number of fused-ring (bicyclic) bond motifs is 1. The van der Waals surface area contributed by atoms with Crippen molar-refractivity contribution in [2.45, 2.75) is 12.8 Å². The number of nitrogens with two attached hydrogens (primary N) is 1. The topological polar surface area (TPSA) is 97.0 Å². The van der Waals surface area contributed by atoms with Crippen LogP contribution >= 0.6 is 24.0 Å². The lowest BCUT2D eigenvalue weighted by atomic mass is 10.1. The van der Waals surface area contributed by atoms with Gasteiger partial charge in [-0.2, -0.15) is 0 Å². The van der Waals surface area contributed by atoms with E-state index in [9.17, 15) is 9.59 Å². The molecule has 0 fully saturated rings. The largest absolute Gasteiger partial charge is 0.497 e. The van der Waals surface area contributed by atoms with Crippen molar-refractivity contribution in [1.29, 1.82) is 0 Å². The van der Waals surface area contributed by atoms with Crippen LogP contribution in [0.2, 0.25) is 0 Å². The fraction of sp³-hybridized carbons (Fsp3) is 0.250. The number of guanidine groups is 1. The van der Waals surface area contributed by atoms with Crippen molar-refractivity contribution < 1.29 is 14.3 Å². The quantitative estimate of drug-likeness (QED) is 0.203. The first-order chi connectivity index (χ1) is 13.1. The van der Waals surface area contributed by atoms with E-state index in [0.29, 0.717) is 36.6 Å². The number of rotatable bonds is 7. The lowest BCUT2D eigenvalue weighted by molar-refractivity contribution is 0.0652. The Morgan fingerprint density at radius 2 is 1.64 bits per heavy atom. The summed E-state index contributed by atoms with van der Waals surface area (Å²) in [7, 11) is 1.61. The Balaban J connectivity index is 0.00000280. The number of halogens is 1. The minimum atomic E-state index is -0.222. The summed E-state index contributed by atoms with van der Waals surface area (Å²) in [4.78, 5) is 30.1. The number of ether oxygens (including phenoxy) is 1. The van der Waals surface area contributed by atoms with E-state index in [1.807, 2.05) is 24.3 Å². The van der Waals surface area contributed by atoms with Gasteiger partial charge in [0.1, 0.15) is 5.75 Å². The van der Waals surface area contributed by atoms with E-state index >= 15 is 0 Å². The van der Waals surface area contributed by atoms with Gasteiger partial charge in [-0.3, -0.25) is 19.5 Å². The molecule has 0 saturated carbocycles. The standard InChI is InChI=1S/C20H22N4O3.HI/c1-27-15-10-8-14(9-11-15)23-20(21)22-12-4-5-13-24-18(25)16-6-2-3-7-17(16)19(24)26;/h2-3,6-11H,4-5,12-13H2,1H3,(H3,21,22,23);1H. The highest BCUT2D eigenvalue weighted by molar-refractivity contribution is 14.0. The maximum atomic E-state index is 12.3. The molecular formula is C20H23IN4O3. The number of unbranched alkanes of at least 4 members (excludes halogenated alkanes) is 1. The van der Waals surface area contributed by atoms with Gasteiger partial charge in [0.2, 0.25) is 0 Å². The summed E-state index contributed by atoms with van der Waals surface area (Å²) in [5, 5.41) is 3.00. The molecule has 0 aromatic heterocycles. The monoisotopic (exact) mass is 494 g/mol. The molecule has 2 aromatic carbocycles. The van der Waals surface area contributed by atoms with Gasteiger partial charge in [-0.25, -0.2) is 0 Å². The second kappa shape index (κ2) is 10.1. The predicted molar refractivity (Wildman–Crippen MR) is 120 cm³/mol. The zero-order valence-electron chi connectivity index (χ0n) is 15.6. The highest BCUT2D eigenvalue weighted by Crippen LogP contribution is 2.22. The van der Waals surface area contributed by atoms with Gasteiger partial charge in [0.25, 0.3) is 11.8 Å². The third-order valence-electron chi connectivity index (χ3n) is 4.31. The lowest BCUT2D eigenvalue weighted by Crippen LogP contribution is -2.30. The van der Waals surface area contributed by atoms with E-state index in [2.05, 4.69) is 10.3 Å². The van der Waals surface area contributed by atoms with E-state index in [4.69, 9.17) is 10.5 Å². The van der Waals surface area contributed by atoms with Crippen molar-refractivity contribution in [2.24, 2.45) is 10.7 Å². The first-order valence-electron chi connectivity index (χ1n) is 8.76. The SMILES string of the molecule is COc1ccc(NC(N)=NCCCCN2C(=O)c3ccccc3C2=O)cc1.I. The van der Waals surface area contributed by atoms with Gasteiger partial charge in [-0.1, -0.05) is 12.1 Å². The normalized spacial score (nSPS) is 13.2. The summed E-state index contributed by atoms with van der Waals surface area (Å²) in [6.07, 6.45) is 1.39. The van der Waals surface area contributed by atoms with E-state index in [1.165, 1.54) is 4.90 Å². The van der Waals surface area contributed by atoms with Crippen molar-refractivity contribution in [3.05, 3.63) is 59.7 Å². The van der Waals surface area contributed by atoms with Crippen LogP contribution in [0.3, 0.4) is 0 Å². The maximum absolute atomic E-state index is 12.3. The Hall–Kier alpha value is -2.62. The number of benzene rings is 2. The highest BCUT2D eigenvalue weighted by atomic mass is 127. The van der Waals surface area contributed by atoms with E-state index < -0.39 is 0 Å². The third kappa shape index (κ3) is 5.00. The molecule has 0 unspecified atom stereocenters. The number of anilines is 1. The predicted octanol–water partition coefficient (Wildman–Crippen LogP) is 3.12. The molecule has 0 aliphatic carbocycles. The first-order valence-corrected chi connectivity index (χ1v) is 8.76. The lowest BCUT2D eigenvalue weighted by Gasteiger charge is -2.13. The molecular weight excluding hydrogens is 471 g/mol. The molecule has 2 aromatic rings. The number of aliphatic imine (C=N–C) groups is 1. The summed E-state index contributed by atoms with van der Waals surface area (Å²) in [6.45, 7) is 0.895. The van der Waals surface area contributed by atoms with Crippen molar-refractivity contribution in [3.8, 4) is 5.75 Å². The molecule has 3 rings (SSSR count). The van der Waals surface area contributed by atoms with Crippen LogP contribution in [0.1, 0.15) is 33.6 Å². The Kier molecular flexibility index (Phi) is 7.80. The number of carbonyl (C=O) groups is 2. The molecule has 1 aliphatic rings. The maximum Gasteiger partial charge on any atom is 0.261 e. The summed E-state index contributed by atoms with van der Waals surface area (Å²) in [5.41, 5.74) is 7.65. The van der Waals surface area contributed by atoms with E-state index in [-0.39, 0.29) is 35.8 Å². The molecule has 0 bridgehead atoms. The fourth-order valence-electron chi connectivity index (χ4n) is 2.89. The Labute approximate surface area is 181 Å². The minimum absolute atomic E-state index is 0. The number of hydrogen-bond donors (Lipinski definition) is 2. The van der Waals surface area contributed by atoms with Crippen LogP contribution < -0.4 is 15.8 Å². The van der Waals surface area contributed by atoms with Crippen molar-refractivity contribution in [3.63, 3.8) is 0 Å². The average molecular weight is 494 g/mol. The minimum Gasteiger partial charge on any atom is -0.497 e. The molecule has 0 spiro atoms. The molecule has 1 aliphatic heterocycles. The van der Waals surface area contributed by atoms with Gasteiger partial charge in [-0.05, 0) is 49.2 Å². The third-order valence-corrected chi connectivity index (χ3v) is 4.31. The molecule has 0 atom stereocenters. The van der Waals surface area contributed by atoms with Crippen LogP contribution in [-0.2, 0) is 0 Å². The molecule has 3 N–H and O–H groups in total. The molecule has 7 nitrogen and oxygen atoms in total. The van der Waals surface area contributed by atoms with E-state index in [0.717, 1.165) is 17.9 Å². The van der Waals surface area contributed by atoms with Gasteiger partial charge in [0, 0.05) is 18.8 Å². The summed E-state index contributed by atoms with van der Waals surface area (Å²) < 4.78 is 5.10. The summed E-state index contributed by atoms with van der Waals surface area (Å²) >= 11 is 0. The highest BCUT2D eigenvalue weighted by Gasteiger charge is 2.34. The van der Waals surface area contributed by atoms with Crippen molar-refractivity contribution in [2.75, 3.05) is 25.5 Å². The number of methoxy groups -OCH3 is 1.